The number of hydrogen-bond acceptors (Lipinski definition) is 3. The number of thioether (sulfide) groups is 1. The monoisotopic (exact) mass is 194 g/mol. The van der Waals surface area contributed by atoms with Crippen LogP contribution in [0.25, 0.3) is 0 Å². The summed E-state index contributed by atoms with van der Waals surface area (Å²) in [7, 11) is 0. The van der Waals surface area contributed by atoms with E-state index in [0.29, 0.717) is 0 Å². The second-order valence-electron chi connectivity index (χ2n) is 3.25. The summed E-state index contributed by atoms with van der Waals surface area (Å²) in [6, 6.07) is 4.27. The maximum absolute atomic E-state index is 4.36. The molecule has 1 aromatic rings. The van der Waals surface area contributed by atoms with Crippen molar-refractivity contribution in [3.8, 4) is 0 Å². The van der Waals surface area contributed by atoms with Gasteiger partial charge in [0, 0.05) is 13.1 Å². The first-order chi connectivity index (χ1) is 6.40. The van der Waals surface area contributed by atoms with E-state index >= 15 is 0 Å². The SMILES string of the molecule is CSc1ccc(N2CCCC2)cn1. The number of nitrogens with zero attached hydrogens (tertiary/aromatic N) is 2. The van der Waals surface area contributed by atoms with E-state index in [2.05, 4.69) is 28.3 Å². The first-order valence-corrected chi connectivity index (χ1v) is 5.87. The van der Waals surface area contributed by atoms with Crippen molar-refractivity contribution in [1.29, 1.82) is 0 Å². The molecule has 0 spiro atoms. The van der Waals surface area contributed by atoms with Gasteiger partial charge in [0.15, 0.2) is 0 Å². The first-order valence-electron chi connectivity index (χ1n) is 4.65. The average Bonchev–Trinajstić information content (AvgIpc) is 2.71. The molecule has 1 aromatic heterocycles. The van der Waals surface area contributed by atoms with Crippen molar-refractivity contribution in [3.63, 3.8) is 0 Å². The Kier molecular flexibility index (Phi) is 2.74. The van der Waals surface area contributed by atoms with Crippen LogP contribution in [0.1, 0.15) is 12.8 Å². The summed E-state index contributed by atoms with van der Waals surface area (Å²) < 4.78 is 0. The highest BCUT2D eigenvalue weighted by molar-refractivity contribution is 7.98. The third kappa shape index (κ3) is 1.97. The molecule has 13 heavy (non-hydrogen) atoms. The Morgan fingerprint density at radius 2 is 2.08 bits per heavy atom. The van der Waals surface area contributed by atoms with Crippen LogP contribution in [0.5, 0.6) is 0 Å². The zero-order chi connectivity index (χ0) is 9.10. The van der Waals surface area contributed by atoms with Gasteiger partial charge in [-0.2, -0.15) is 0 Å². The van der Waals surface area contributed by atoms with Crippen LogP contribution in [-0.4, -0.2) is 24.3 Å². The number of aromatic nitrogens is 1. The predicted octanol–water partition coefficient (Wildman–Crippen LogP) is 2.40. The molecule has 0 aliphatic carbocycles. The smallest absolute Gasteiger partial charge is 0.0958 e. The third-order valence-electron chi connectivity index (χ3n) is 2.40. The number of pyridine rings is 1. The Bertz CT molecular complexity index is 265. The largest absolute Gasteiger partial charge is 0.370 e. The lowest BCUT2D eigenvalue weighted by molar-refractivity contribution is 0.949. The fourth-order valence-corrected chi connectivity index (χ4v) is 2.02. The molecule has 0 bridgehead atoms. The van der Waals surface area contributed by atoms with E-state index in [1.165, 1.54) is 31.6 Å². The van der Waals surface area contributed by atoms with E-state index in [1.54, 1.807) is 11.8 Å². The van der Waals surface area contributed by atoms with E-state index in [4.69, 9.17) is 0 Å². The molecule has 1 aliphatic heterocycles. The van der Waals surface area contributed by atoms with Gasteiger partial charge in [-0.15, -0.1) is 11.8 Å². The Hall–Kier alpha value is -0.700. The molecule has 0 aromatic carbocycles. The lowest BCUT2D eigenvalue weighted by Crippen LogP contribution is -2.17. The van der Waals surface area contributed by atoms with Gasteiger partial charge in [-0.1, -0.05) is 0 Å². The van der Waals surface area contributed by atoms with Crippen molar-refractivity contribution in [2.24, 2.45) is 0 Å². The highest BCUT2D eigenvalue weighted by atomic mass is 32.2. The van der Waals surface area contributed by atoms with Gasteiger partial charge in [0.2, 0.25) is 0 Å². The molecule has 3 heteroatoms. The van der Waals surface area contributed by atoms with E-state index in [9.17, 15) is 0 Å². The molecule has 0 amide bonds. The Labute approximate surface area is 83.4 Å². The molecular weight excluding hydrogens is 180 g/mol. The van der Waals surface area contributed by atoms with Crippen LogP contribution in [-0.2, 0) is 0 Å². The van der Waals surface area contributed by atoms with Gasteiger partial charge >= 0.3 is 0 Å². The zero-order valence-corrected chi connectivity index (χ0v) is 8.68. The van der Waals surface area contributed by atoms with Crippen molar-refractivity contribution in [2.45, 2.75) is 17.9 Å². The second-order valence-corrected chi connectivity index (χ2v) is 4.08. The topological polar surface area (TPSA) is 16.1 Å². The lowest BCUT2D eigenvalue weighted by atomic mass is 10.4. The van der Waals surface area contributed by atoms with Crippen LogP contribution in [0, 0.1) is 0 Å². The summed E-state index contributed by atoms with van der Waals surface area (Å²) in [5, 5.41) is 1.10. The average molecular weight is 194 g/mol. The van der Waals surface area contributed by atoms with Crippen LogP contribution in [0.15, 0.2) is 23.4 Å². The van der Waals surface area contributed by atoms with Crippen molar-refractivity contribution >= 4 is 17.4 Å². The minimum Gasteiger partial charge on any atom is -0.370 e. The highest BCUT2D eigenvalue weighted by Gasteiger charge is 2.11. The molecule has 0 atom stereocenters. The molecular formula is C10H14N2S. The molecule has 0 radical (unpaired) electrons. The van der Waals surface area contributed by atoms with Gasteiger partial charge in [-0.3, -0.25) is 0 Å². The molecule has 2 rings (SSSR count). The van der Waals surface area contributed by atoms with Gasteiger partial charge in [0.05, 0.1) is 16.9 Å². The Balaban J connectivity index is 2.12. The fourth-order valence-electron chi connectivity index (χ4n) is 1.66. The fraction of sp³-hybridized carbons (Fsp3) is 0.500. The molecule has 1 fully saturated rings. The summed E-state index contributed by atoms with van der Waals surface area (Å²) in [4.78, 5) is 6.76. The lowest BCUT2D eigenvalue weighted by Gasteiger charge is -2.16. The zero-order valence-electron chi connectivity index (χ0n) is 7.86. The number of rotatable bonds is 2. The van der Waals surface area contributed by atoms with Crippen LogP contribution in [0.3, 0.4) is 0 Å². The van der Waals surface area contributed by atoms with Gasteiger partial charge in [-0.05, 0) is 31.2 Å². The molecule has 0 unspecified atom stereocenters. The van der Waals surface area contributed by atoms with Crippen LogP contribution >= 0.6 is 11.8 Å². The van der Waals surface area contributed by atoms with Gasteiger partial charge in [0.1, 0.15) is 0 Å². The second kappa shape index (κ2) is 4.01. The highest BCUT2D eigenvalue weighted by Crippen LogP contribution is 2.21. The third-order valence-corrected chi connectivity index (χ3v) is 3.06. The minimum absolute atomic E-state index is 1.10. The quantitative estimate of drug-likeness (QED) is 0.673. The van der Waals surface area contributed by atoms with E-state index in [-0.39, 0.29) is 0 Å². The molecule has 0 saturated carbocycles. The molecule has 1 saturated heterocycles. The van der Waals surface area contributed by atoms with E-state index < -0.39 is 0 Å². The summed E-state index contributed by atoms with van der Waals surface area (Å²) in [5.74, 6) is 0. The first kappa shape index (κ1) is 8.88. The molecule has 0 N–H and O–H groups in total. The number of hydrogen-bond donors (Lipinski definition) is 0. The maximum atomic E-state index is 4.36. The standard InChI is InChI=1S/C10H14N2S/c1-13-10-5-4-9(8-11-10)12-6-2-3-7-12/h4-5,8H,2-3,6-7H2,1H3. The minimum atomic E-state index is 1.10. The Morgan fingerprint density at radius 3 is 2.62 bits per heavy atom. The van der Waals surface area contributed by atoms with Crippen molar-refractivity contribution in [3.05, 3.63) is 18.3 Å². The summed E-state index contributed by atoms with van der Waals surface area (Å²) >= 11 is 1.69. The van der Waals surface area contributed by atoms with Crippen LogP contribution < -0.4 is 4.90 Å². The Morgan fingerprint density at radius 1 is 1.31 bits per heavy atom. The summed E-state index contributed by atoms with van der Waals surface area (Å²) in [6.45, 7) is 2.39. The van der Waals surface area contributed by atoms with Crippen molar-refractivity contribution in [2.75, 3.05) is 24.2 Å². The van der Waals surface area contributed by atoms with Crippen molar-refractivity contribution < 1.29 is 0 Å². The maximum Gasteiger partial charge on any atom is 0.0958 e. The predicted molar refractivity (Wildman–Crippen MR) is 57.5 cm³/mol. The van der Waals surface area contributed by atoms with Gasteiger partial charge in [-0.25, -0.2) is 4.98 Å². The van der Waals surface area contributed by atoms with Crippen LogP contribution in [0.4, 0.5) is 5.69 Å². The van der Waals surface area contributed by atoms with Crippen LogP contribution in [0.2, 0.25) is 0 Å². The van der Waals surface area contributed by atoms with E-state index in [1.807, 2.05) is 6.20 Å². The summed E-state index contributed by atoms with van der Waals surface area (Å²) in [5.41, 5.74) is 1.27. The summed E-state index contributed by atoms with van der Waals surface area (Å²) in [6.07, 6.45) is 6.68. The van der Waals surface area contributed by atoms with Crippen molar-refractivity contribution in [1.82, 2.24) is 4.98 Å². The molecule has 70 valence electrons. The van der Waals surface area contributed by atoms with E-state index in [0.717, 1.165) is 5.03 Å². The normalized spacial score (nSPS) is 16.5. The van der Waals surface area contributed by atoms with Gasteiger partial charge in [0.25, 0.3) is 0 Å². The molecule has 2 nitrogen and oxygen atoms in total. The molecule has 2 heterocycles. The van der Waals surface area contributed by atoms with Gasteiger partial charge < -0.3 is 4.90 Å². The number of anilines is 1. The molecule has 1 aliphatic rings.